The number of rotatable bonds is 3. The maximum Gasteiger partial charge on any atom is 0.154 e. The molecule has 0 amide bonds. The Kier molecular flexibility index (Phi) is 4.20. The molecule has 1 saturated heterocycles. The Hall–Kier alpha value is -1.87. The molecule has 4 heteroatoms. The van der Waals surface area contributed by atoms with E-state index in [1.54, 1.807) is 0 Å². The lowest BCUT2D eigenvalue weighted by Crippen LogP contribution is -2.19. The van der Waals surface area contributed by atoms with Gasteiger partial charge in [-0.15, -0.1) is 0 Å². The summed E-state index contributed by atoms with van der Waals surface area (Å²) in [5.41, 5.74) is 2.05. The molecule has 1 aliphatic rings. The van der Waals surface area contributed by atoms with Gasteiger partial charge in [-0.1, -0.05) is 29.8 Å². The second kappa shape index (κ2) is 6.27. The molecule has 0 saturated carbocycles. The molecule has 0 aliphatic carbocycles. The molecule has 1 aromatic heterocycles. The van der Waals surface area contributed by atoms with E-state index in [0.717, 1.165) is 41.0 Å². The van der Waals surface area contributed by atoms with Crippen molar-refractivity contribution in [1.82, 2.24) is 9.97 Å². The Morgan fingerprint density at radius 1 is 1.10 bits per heavy atom. The van der Waals surface area contributed by atoms with E-state index in [1.165, 1.54) is 12.8 Å². The Morgan fingerprint density at radius 3 is 2.67 bits per heavy atom. The van der Waals surface area contributed by atoms with Crippen LogP contribution in [0.5, 0.6) is 0 Å². The van der Waals surface area contributed by atoms with Gasteiger partial charge in [-0.05, 0) is 43.5 Å². The highest BCUT2D eigenvalue weighted by Crippen LogP contribution is 2.19. The van der Waals surface area contributed by atoms with Crippen LogP contribution in [0.3, 0.4) is 0 Å². The summed E-state index contributed by atoms with van der Waals surface area (Å²) < 4.78 is 0. The third kappa shape index (κ3) is 3.61. The fourth-order valence-corrected chi connectivity index (χ4v) is 2.74. The van der Waals surface area contributed by atoms with Crippen molar-refractivity contribution in [2.24, 2.45) is 0 Å². The summed E-state index contributed by atoms with van der Waals surface area (Å²) in [7, 11) is 0. The average Bonchev–Trinajstić information content (AvgIpc) is 2.99. The number of hydrogen-bond acceptors (Lipinski definition) is 3. The highest BCUT2D eigenvalue weighted by molar-refractivity contribution is 6.30. The monoisotopic (exact) mass is 299 g/mol. The highest BCUT2D eigenvalue weighted by Gasteiger charge is 2.14. The largest absolute Gasteiger partial charge is 0.356 e. The van der Waals surface area contributed by atoms with E-state index in [9.17, 15) is 0 Å². The second-order valence-electron chi connectivity index (χ2n) is 5.31. The first-order valence-corrected chi connectivity index (χ1v) is 7.63. The van der Waals surface area contributed by atoms with Crippen molar-refractivity contribution in [2.75, 3.05) is 18.0 Å². The standard InChI is InChI=1S/C17H18ClN3/c1-13-11-17(21-9-2-3-10-21)20-16(19-13)8-7-14-5-4-6-15(18)12-14/h4-8,11-12H,2-3,9-10H2,1H3. The smallest absolute Gasteiger partial charge is 0.154 e. The second-order valence-corrected chi connectivity index (χ2v) is 5.74. The van der Waals surface area contributed by atoms with Crippen LogP contribution in [0.15, 0.2) is 30.3 Å². The van der Waals surface area contributed by atoms with Crippen molar-refractivity contribution in [3.63, 3.8) is 0 Å². The molecule has 0 bridgehead atoms. The van der Waals surface area contributed by atoms with Crippen LogP contribution in [0.1, 0.15) is 29.9 Å². The van der Waals surface area contributed by atoms with Crippen molar-refractivity contribution in [1.29, 1.82) is 0 Å². The molecule has 108 valence electrons. The molecule has 0 atom stereocenters. The van der Waals surface area contributed by atoms with Gasteiger partial charge in [0.15, 0.2) is 5.82 Å². The summed E-state index contributed by atoms with van der Waals surface area (Å²) in [5, 5.41) is 0.736. The van der Waals surface area contributed by atoms with Crippen molar-refractivity contribution >= 4 is 29.6 Å². The molecule has 3 nitrogen and oxygen atoms in total. The van der Waals surface area contributed by atoms with Crippen LogP contribution in [0.4, 0.5) is 5.82 Å². The molecule has 0 spiro atoms. The van der Waals surface area contributed by atoms with Crippen molar-refractivity contribution in [3.05, 3.63) is 52.4 Å². The zero-order valence-electron chi connectivity index (χ0n) is 12.1. The van der Waals surface area contributed by atoms with E-state index >= 15 is 0 Å². The predicted octanol–water partition coefficient (Wildman–Crippen LogP) is 4.21. The van der Waals surface area contributed by atoms with E-state index in [0.29, 0.717) is 0 Å². The summed E-state index contributed by atoms with van der Waals surface area (Å²) in [6.07, 6.45) is 6.43. The van der Waals surface area contributed by atoms with E-state index < -0.39 is 0 Å². The fourth-order valence-electron chi connectivity index (χ4n) is 2.54. The third-order valence-corrected chi connectivity index (χ3v) is 3.80. The molecular formula is C17H18ClN3. The Morgan fingerprint density at radius 2 is 1.90 bits per heavy atom. The zero-order chi connectivity index (χ0) is 14.7. The zero-order valence-corrected chi connectivity index (χ0v) is 12.8. The lowest BCUT2D eigenvalue weighted by Gasteiger charge is -2.16. The molecule has 2 aromatic rings. The highest BCUT2D eigenvalue weighted by atomic mass is 35.5. The maximum absolute atomic E-state index is 5.99. The van der Waals surface area contributed by atoms with E-state index in [4.69, 9.17) is 11.6 Å². The van der Waals surface area contributed by atoms with Crippen molar-refractivity contribution in [2.45, 2.75) is 19.8 Å². The molecule has 1 aromatic carbocycles. The third-order valence-electron chi connectivity index (χ3n) is 3.56. The minimum Gasteiger partial charge on any atom is -0.356 e. The predicted molar refractivity (Wildman–Crippen MR) is 88.6 cm³/mol. The summed E-state index contributed by atoms with van der Waals surface area (Å²) in [4.78, 5) is 11.5. The van der Waals surface area contributed by atoms with Gasteiger partial charge in [0.25, 0.3) is 0 Å². The summed E-state index contributed by atoms with van der Waals surface area (Å²) in [5.74, 6) is 1.78. The van der Waals surface area contributed by atoms with Gasteiger partial charge < -0.3 is 4.90 Å². The number of nitrogens with zero attached hydrogens (tertiary/aromatic N) is 3. The van der Waals surface area contributed by atoms with Gasteiger partial charge in [0, 0.05) is 29.9 Å². The minimum atomic E-state index is 0.736. The quantitative estimate of drug-likeness (QED) is 0.850. The van der Waals surface area contributed by atoms with Gasteiger partial charge in [-0.3, -0.25) is 0 Å². The average molecular weight is 300 g/mol. The van der Waals surface area contributed by atoms with Crippen molar-refractivity contribution < 1.29 is 0 Å². The number of aryl methyl sites for hydroxylation is 1. The lowest BCUT2D eigenvalue weighted by molar-refractivity contribution is 0.915. The number of anilines is 1. The molecule has 21 heavy (non-hydrogen) atoms. The Balaban J connectivity index is 1.84. The Bertz CT molecular complexity index is 661. The van der Waals surface area contributed by atoms with Crippen LogP contribution >= 0.6 is 11.6 Å². The summed E-state index contributed by atoms with van der Waals surface area (Å²) in [6.45, 7) is 4.19. The van der Waals surface area contributed by atoms with Gasteiger partial charge in [0.05, 0.1) is 0 Å². The van der Waals surface area contributed by atoms with Crippen LogP contribution in [-0.4, -0.2) is 23.1 Å². The number of halogens is 1. The van der Waals surface area contributed by atoms with Crippen LogP contribution < -0.4 is 4.90 Å². The minimum absolute atomic E-state index is 0.736. The first kappa shape index (κ1) is 14.1. The molecule has 3 rings (SSSR count). The van der Waals surface area contributed by atoms with Crippen LogP contribution in [-0.2, 0) is 0 Å². The lowest BCUT2D eigenvalue weighted by atomic mass is 10.2. The van der Waals surface area contributed by atoms with Gasteiger partial charge in [-0.2, -0.15) is 0 Å². The molecule has 2 heterocycles. The molecule has 1 aliphatic heterocycles. The van der Waals surface area contributed by atoms with E-state index in [1.807, 2.05) is 43.3 Å². The first-order valence-electron chi connectivity index (χ1n) is 7.25. The first-order chi connectivity index (χ1) is 10.2. The SMILES string of the molecule is Cc1cc(N2CCCC2)nc(C=Cc2cccc(Cl)c2)n1. The number of aromatic nitrogens is 2. The van der Waals surface area contributed by atoms with E-state index in [2.05, 4.69) is 20.9 Å². The van der Waals surface area contributed by atoms with Gasteiger partial charge in [0.1, 0.15) is 5.82 Å². The number of hydrogen-bond donors (Lipinski definition) is 0. The van der Waals surface area contributed by atoms with Crippen LogP contribution in [0.25, 0.3) is 12.2 Å². The normalized spacial score (nSPS) is 15.0. The summed E-state index contributed by atoms with van der Waals surface area (Å²) >= 11 is 5.99. The molecule has 0 unspecified atom stereocenters. The van der Waals surface area contributed by atoms with Gasteiger partial charge in [0.2, 0.25) is 0 Å². The van der Waals surface area contributed by atoms with Gasteiger partial charge >= 0.3 is 0 Å². The molecule has 0 radical (unpaired) electrons. The number of benzene rings is 1. The van der Waals surface area contributed by atoms with E-state index in [-0.39, 0.29) is 0 Å². The van der Waals surface area contributed by atoms with Crippen molar-refractivity contribution in [3.8, 4) is 0 Å². The molecule has 1 fully saturated rings. The summed E-state index contributed by atoms with van der Waals surface area (Å²) in [6, 6.07) is 9.80. The van der Waals surface area contributed by atoms with Gasteiger partial charge in [-0.25, -0.2) is 9.97 Å². The topological polar surface area (TPSA) is 29.0 Å². The van der Waals surface area contributed by atoms with Crippen LogP contribution in [0, 0.1) is 6.92 Å². The fraction of sp³-hybridized carbons (Fsp3) is 0.294. The molecule has 0 N–H and O–H groups in total. The Labute approximate surface area is 130 Å². The van der Waals surface area contributed by atoms with Crippen LogP contribution in [0.2, 0.25) is 5.02 Å². The molecular weight excluding hydrogens is 282 g/mol. The maximum atomic E-state index is 5.99.